The van der Waals surface area contributed by atoms with Gasteiger partial charge >= 0.3 is 0 Å². The molecule has 19 heavy (non-hydrogen) atoms. The Morgan fingerprint density at radius 1 is 1.26 bits per heavy atom. The molecule has 2 aliphatic carbocycles. The second-order valence-electron chi connectivity index (χ2n) is 5.90. The number of hydrogen-bond acceptors (Lipinski definition) is 3. The van der Waals surface area contributed by atoms with Crippen LogP contribution in [-0.4, -0.2) is 14.2 Å². The number of fused-ring (bicyclic) bond motifs is 2. The van der Waals surface area contributed by atoms with Crippen LogP contribution in [0.15, 0.2) is 23.1 Å². The second kappa shape index (κ2) is 4.47. The first kappa shape index (κ1) is 12.9. The molecule has 2 saturated carbocycles. The van der Waals surface area contributed by atoms with E-state index in [2.05, 4.69) is 0 Å². The summed E-state index contributed by atoms with van der Waals surface area (Å²) >= 11 is 0. The maximum absolute atomic E-state index is 13.4. The monoisotopic (exact) mass is 283 g/mol. The minimum absolute atomic E-state index is 0.0149. The first-order valence-electron chi connectivity index (χ1n) is 6.73. The van der Waals surface area contributed by atoms with Crippen molar-refractivity contribution in [3.05, 3.63) is 24.0 Å². The van der Waals surface area contributed by atoms with Crippen molar-refractivity contribution < 1.29 is 12.8 Å². The van der Waals surface area contributed by atoms with E-state index in [9.17, 15) is 12.8 Å². The van der Waals surface area contributed by atoms with Crippen LogP contribution >= 0.6 is 0 Å². The number of sulfone groups is 1. The Morgan fingerprint density at radius 3 is 2.63 bits per heavy atom. The number of anilines is 1. The first-order chi connectivity index (χ1) is 8.95. The SMILES string of the molecule is Nc1ccc(S(=O)(=O)CC2CC3CCC2C3)cc1F. The summed E-state index contributed by atoms with van der Waals surface area (Å²) in [6, 6.07) is 3.77. The van der Waals surface area contributed by atoms with Crippen molar-refractivity contribution >= 4 is 15.5 Å². The maximum Gasteiger partial charge on any atom is 0.178 e. The topological polar surface area (TPSA) is 60.2 Å². The van der Waals surface area contributed by atoms with Gasteiger partial charge in [-0.3, -0.25) is 0 Å². The van der Waals surface area contributed by atoms with Crippen molar-refractivity contribution in [3.8, 4) is 0 Å². The zero-order valence-electron chi connectivity index (χ0n) is 10.7. The van der Waals surface area contributed by atoms with E-state index in [0.717, 1.165) is 18.9 Å². The molecule has 3 unspecified atom stereocenters. The van der Waals surface area contributed by atoms with Gasteiger partial charge in [0.25, 0.3) is 0 Å². The van der Waals surface area contributed by atoms with Crippen molar-refractivity contribution in [3.63, 3.8) is 0 Å². The standard InChI is InChI=1S/C14H18FNO2S/c15-13-7-12(3-4-14(13)16)19(17,18)8-11-6-9-1-2-10(11)5-9/h3-4,7,9-11H,1-2,5-6,8,16H2. The van der Waals surface area contributed by atoms with Crippen molar-refractivity contribution in [1.29, 1.82) is 0 Å². The zero-order valence-corrected chi connectivity index (χ0v) is 11.5. The largest absolute Gasteiger partial charge is 0.396 e. The van der Waals surface area contributed by atoms with Gasteiger partial charge < -0.3 is 5.73 Å². The summed E-state index contributed by atoms with van der Waals surface area (Å²) in [5.74, 6) is 1.02. The highest BCUT2D eigenvalue weighted by atomic mass is 32.2. The molecule has 0 saturated heterocycles. The fraction of sp³-hybridized carbons (Fsp3) is 0.571. The molecule has 0 radical (unpaired) electrons. The molecule has 0 aromatic heterocycles. The molecule has 2 bridgehead atoms. The average molecular weight is 283 g/mol. The molecule has 0 spiro atoms. The molecule has 0 amide bonds. The van der Waals surface area contributed by atoms with Gasteiger partial charge in [0.1, 0.15) is 5.82 Å². The molecule has 104 valence electrons. The molecule has 0 aliphatic heterocycles. The summed E-state index contributed by atoms with van der Waals surface area (Å²) in [6.45, 7) is 0. The summed E-state index contributed by atoms with van der Waals surface area (Å²) in [5.41, 5.74) is 5.36. The van der Waals surface area contributed by atoms with Gasteiger partial charge in [0.15, 0.2) is 9.84 Å². The molecule has 2 N–H and O–H groups in total. The fourth-order valence-electron chi connectivity index (χ4n) is 3.66. The molecule has 2 fully saturated rings. The third kappa shape index (κ3) is 2.36. The molecule has 0 heterocycles. The van der Waals surface area contributed by atoms with Crippen LogP contribution in [-0.2, 0) is 9.84 Å². The van der Waals surface area contributed by atoms with E-state index in [-0.39, 0.29) is 22.3 Å². The number of halogens is 1. The molecular weight excluding hydrogens is 265 g/mol. The lowest BCUT2D eigenvalue weighted by Gasteiger charge is -2.21. The molecule has 1 aromatic rings. The van der Waals surface area contributed by atoms with Crippen LogP contribution < -0.4 is 5.73 Å². The van der Waals surface area contributed by atoms with Crippen LogP contribution in [0.25, 0.3) is 0 Å². The van der Waals surface area contributed by atoms with Crippen LogP contribution in [0.5, 0.6) is 0 Å². The average Bonchev–Trinajstić information content (AvgIpc) is 2.94. The van der Waals surface area contributed by atoms with Crippen molar-refractivity contribution in [1.82, 2.24) is 0 Å². The highest BCUT2D eigenvalue weighted by Gasteiger charge is 2.41. The molecule has 1 aromatic carbocycles. The predicted octanol–water partition coefficient (Wildman–Crippen LogP) is 2.62. The Labute approximate surface area is 112 Å². The first-order valence-corrected chi connectivity index (χ1v) is 8.39. The minimum atomic E-state index is -3.40. The van der Waals surface area contributed by atoms with E-state index in [4.69, 9.17) is 5.73 Å². The molecule has 3 atom stereocenters. The summed E-state index contributed by atoms with van der Waals surface area (Å²) < 4.78 is 38.0. The zero-order chi connectivity index (χ0) is 13.6. The van der Waals surface area contributed by atoms with E-state index in [1.165, 1.54) is 25.0 Å². The maximum atomic E-state index is 13.4. The van der Waals surface area contributed by atoms with Crippen LogP contribution in [0.2, 0.25) is 0 Å². The molecule has 5 heteroatoms. The van der Waals surface area contributed by atoms with Crippen LogP contribution in [0.1, 0.15) is 25.7 Å². The third-order valence-electron chi connectivity index (χ3n) is 4.65. The second-order valence-corrected chi connectivity index (χ2v) is 7.93. The Hall–Kier alpha value is -1.10. The normalized spacial score (nSPS) is 29.8. The number of hydrogen-bond donors (Lipinski definition) is 1. The highest BCUT2D eigenvalue weighted by molar-refractivity contribution is 7.91. The summed E-state index contributed by atoms with van der Waals surface area (Å²) in [7, 11) is -3.40. The van der Waals surface area contributed by atoms with Crippen molar-refractivity contribution in [2.24, 2.45) is 17.8 Å². The van der Waals surface area contributed by atoms with Gasteiger partial charge in [-0.05, 0) is 55.2 Å². The summed E-state index contributed by atoms with van der Waals surface area (Å²) in [4.78, 5) is 0.0574. The molecular formula is C14H18FNO2S. The molecule has 3 nitrogen and oxygen atoms in total. The third-order valence-corrected chi connectivity index (χ3v) is 6.49. The van der Waals surface area contributed by atoms with Crippen LogP contribution in [0, 0.1) is 23.6 Å². The summed E-state index contributed by atoms with van der Waals surface area (Å²) in [6.07, 6.45) is 4.59. The van der Waals surface area contributed by atoms with Gasteiger partial charge in [0, 0.05) is 0 Å². The van der Waals surface area contributed by atoms with Gasteiger partial charge in [-0.15, -0.1) is 0 Å². The Morgan fingerprint density at radius 2 is 2.05 bits per heavy atom. The van der Waals surface area contributed by atoms with Gasteiger partial charge in [-0.2, -0.15) is 0 Å². The molecule has 2 aliphatic rings. The number of nitrogen functional groups attached to an aromatic ring is 1. The van der Waals surface area contributed by atoms with Crippen LogP contribution in [0.4, 0.5) is 10.1 Å². The van der Waals surface area contributed by atoms with Crippen LogP contribution in [0.3, 0.4) is 0 Å². The van der Waals surface area contributed by atoms with E-state index in [0.29, 0.717) is 11.8 Å². The Balaban J connectivity index is 1.80. The highest BCUT2D eigenvalue weighted by Crippen LogP contribution is 2.49. The Kier molecular flexibility index (Phi) is 3.04. The fourth-order valence-corrected chi connectivity index (χ4v) is 5.38. The minimum Gasteiger partial charge on any atom is -0.396 e. The van der Waals surface area contributed by atoms with Crippen molar-refractivity contribution in [2.45, 2.75) is 30.6 Å². The van der Waals surface area contributed by atoms with Gasteiger partial charge in [-0.25, -0.2) is 12.8 Å². The van der Waals surface area contributed by atoms with E-state index < -0.39 is 15.7 Å². The predicted molar refractivity (Wildman–Crippen MR) is 71.8 cm³/mol. The summed E-state index contributed by atoms with van der Waals surface area (Å²) in [5, 5.41) is 0. The quantitative estimate of drug-likeness (QED) is 0.867. The lowest BCUT2D eigenvalue weighted by Crippen LogP contribution is -2.21. The van der Waals surface area contributed by atoms with E-state index in [1.807, 2.05) is 0 Å². The smallest absolute Gasteiger partial charge is 0.178 e. The number of benzene rings is 1. The van der Waals surface area contributed by atoms with Gasteiger partial charge in [0.05, 0.1) is 16.3 Å². The molecule has 3 rings (SSSR count). The van der Waals surface area contributed by atoms with E-state index in [1.54, 1.807) is 0 Å². The van der Waals surface area contributed by atoms with E-state index >= 15 is 0 Å². The lowest BCUT2D eigenvalue weighted by atomic mass is 9.90. The lowest BCUT2D eigenvalue weighted by molar-refractivity contribution is 0.360. The number of rotatable bonds is 3. The van der Waals surface area contributed by atoms with Crippen molar-refractivity contribution in [2.75, 3.05) is 11.5 Å². The van der Waals surface area contributed by atoms with Gasteiger partial charge in [0.2, 0.25) is 0 Å². The number of nitrogens with two attached hydrogens (primary N) is 1. The Bertz CT molecular complexity index is 599. The van der Waals surface area contributed by atoms with Gasteiger partial charge in [-0.1, -0.05) is 6.42 Å².